The Morgan fingerprint density at radius 3 is 1.67 bits per heavy atom. The molecule has 0 amide bonds. The van der Waals surface area contributed by atoms with Gasteiger partial charge in [-0.15, -0.1) is 0 Å². The van der Waals surface area contributed by atoms with Gasteiger partial charge in [0.25, 0.3) is 0 Å². The van der Waals surface area contributed by atoms with Crippen molar-refractivity contribution in [1.29, 1.82) is 5.26 Å². The molecule has 0 radical (unpaired) electrons. The van der Waals surface area contributed by atoms with Crippen molar-refractivity contribution in [2.45, 2.75) is 56.8 Å². The predicted molar refractivity (Wildman–Crippen MR) is 245 cm³/mol. The molecule has 6 aliphatic rings. The van der Waals surface area contributed by atoms with E-state index in [1.807, 2.05) is 48.5 Å². The maximum Gasteiger partial charge on any atom is 0.164 e. The Balaban J connectivity index is 0.904. The lowest BCUT2D eigenvalue weighted by Gasteiger charge is -2.61. The number of hydrogen-bond acceptors (Lipinski definition) is 4. The maximum absolute atomic E-state index is 9.65. The molecule has 8 aromatic rings. The van der Waals surface area contributed by atoms with Crippen LogP contribution in [-0.2, 0) is 10.8 Å². The summed E-state index contributed by atoms with van der Waals surface area (Å²) in [7, 11) is 0. The fraction of sp³-hybridized carbons (Fsp3) is 0.228. The summed E-state index contributed by atoms with van der Waals surface area (Å²) in [4.78, 5) is 15.0. The van der Waals surface area contributed by atoms with E-state index in [0.717, 1.165) is 40.4 Å². The first kappa shape index (κ1) is 35.1. The van der Waals surface area contributed by atoms with Crippen LogP contribution in [0.4, 0.5) is 0 Å². The van der Waals surface area contributed by atoms with Gasteiger partial charge < -0.3 is 0 Å². The van der Waals surface area contributed by atoms with E-state index in [4.69, 9.17) is 15.0 Å². The Bertz CT molecular complexity index is 3180. The van der Waals surface area contributed by atoms with E-state index in [1.165, 1.54) is 87.4 Å². The van der Waals surface area contributed by atoms with Gasteiger partial charge in [0.1, 0.15) is 0 Å². The summed E-state index contributed by atoms with van der Waals surface area (Å²) < 4.78 is 0. The molecule has 0 saturated heterocycles. The molecular weight excluding hydrogens is 741 g/mol. The predicted octanol–water partition coefficient (Wildman–Crippen LogP) is 13.6. The van der Waals surface area contributed by atoms with Gasteiger partial charge >= 0.3 is 0 Å². The van der Waals surface area contributed by atoms with Gasteiger partial charge in [-0.25, -0.2) is 15.0 Å². The topological polar surface area (TPSA) is 62.5 Å². The van der Waals surface area contributed by atoms with Gasteiger partial charge in [0.05, 0.1) is 11.6 Å². The first-order chi connectivity index (χ1) is 29.8. The number of nitrogens with zero attached hydrogens (tertiary/aromatic N) is 4. The largest absolute Gasteiger partial charge is 0.208 e. The van der Waals surface area contributed by atoms with E-state index in [-0.39, 0.29) is 10.8 Å². The quantitative estimate of drug-likeness (QED) is 0.178. The van der Waals surface area contributed by atoms with Crippen LogP contribution in [0.25, 0.3) is 78.3 Å². The van der Waals surface area contributed by atoms with Gasteiger partial charge in [0.15, 0.2) is 17.5 Å². The lowest BCUT2D eigenvalue weighted by atomic mass is 9.43. The van der Waals surface area contributed by atoms with Crippen LogP contribution >= 0.6 is 0 Å². The fourth-order valence-corrected chi connectivity index (χ4v) is 13.2. The molecule has 4 heteroatoms. The van der Waals surface area contributed by atoms with E-state index in [0.29, 0.717) is 23.0 Å². The van der Waals surface area contributed by atoms with Gasteiger partial charge in [-0.3, -0.25) is 0 Å². The summed E-state index contributed by atoms with van der Waals surface area (Å²) in [6.45, 7) is 4.71. The molecule has 4 fully saturated rings. The highest BCUT2D eigenvalue weighted by Crippen LogP contribution is 2.69. The summed E-state index contributed by atoms with van der Waals surface area (Å²) >= 11 is 0. The van der Waals surface area contributed by atoms with Gasteiger partial charge in [-0.05, 0) is 165 Å². The van der Waals surface area contributed by atoms with Gasteiger partial charge in [-0.2, -0.15) is 5.26 Å². The third kappa shape index (κ3) is 5.01. The van der Waals surface area contributed by atoms with Crippen LogP contribution in [0.2, 0.25) is 0 Å². The smallest absolute Gasteiger partial charge is 0.164 e. The van der Waals surface area contributed by atoms with E-state index >= 15 is 0 Å². The summed E-state index contributed by atoms with van der Waals surface area (Å²) in [6.07, 6.45) is 7.03. The fourth-order valence-electron chi connectivity index (χ4n) is 13.2. The zero-order valence-corrected chi connectivity index (χ0v) is 34.5. The van der Waals surface area contributed by atoms with Crippen molar-refractivity contribution in [3.63, 3.8) is 0 Å². The summed E-state index contributed by atoms with van der Waals surface area (Å²) in [5.41, 5.74) is 17.0. The minimum absolute atomic E-state index is 0.141. The molecule has 61 heavy (non-hydrogen) atoms. The molecule has 1 heterocycles. The number of aromatic nitrogens is 3. The highest BCUT2D eigenvalue weighted by molar-refractivity contribution is 5.95. The van der Waals surface area contributed by atoms with E-state index in [2.05, 4.69) is 111 Å². The van der Waals surface area contributed by atoms with E-state index in [1.54, 1.807) is 17.2 Å². The highest BCUT2D eigenvalue weighted by Gasteiger charge is 2.61. The second-order valence-electron chi connectivity index (χ2n) is 19.2. The SMILES string of the molecule is CC1(C)c2cc(-c3ccc4c(c3)-c3cc5ccccc5cc3C43C4CC5CC(C4)CC3C5)ccc2-c2ccc(-c3nc(-c4ccccc4)nc(-c4cccc(C#N)c4)n3)cc21. The number of hydrogen-bond donors (Lipinski definition) is 0. The molecule has 7 aromatic carbocycles. The van der Waals surface area contributed by atoms with E-state index in [9.17, 15) is 5.26 Å². The molecule has 4 bridgehead atoms. The number of nitriles is 1. The van der Waals surface area contributed by atoms with Crippen molar-refractivity contribution in [3.8, 4) is 73.6 Å². The van der Waals surface area contributed by atoms with Crippen LogP contribution in [0.5, 0.6) is 0 Å². The molecule has 292 valence electrons. The highest BCUT2D eigenvalue weighted by atomic mass is 15.0. The first-order valence-corrected chi connectivity index (χ1v) is 22.2. The molecule has 4 nitrogen and oxygen atoms in total. The zero-order chi connectivity index (χ0) is 40.6. The summed E-state index contributed by atoms with van der Waals surface area (Å²) in [5, 5.41) is 12.4. The Labute approximate surface area is 357 Å². The van der Waals surface area contributed by atoms with Crippen LogP contribution < -0.4 is 0 Å². The van der Waals surface area contributed by atoms with Crippen LogP contribution in [0.15, 0.2) is 146 Å². The van der Waals surface area contributed by atoms with Crippen molar-refractivity contribution in [3.05, 3.63) is 173 Å². The number of benzene rings is 7. The number of fused-ring (bicyclic) bond motifs is 7. The number of rotatable bonds is 4. The molecule has 14 rings (SSSR count). The van der Waals surface area contributed by atoms with Gasteiger partial charge in [-0.1, -0.05) is 117 Å². The maximum atomic E-state index is 9.65. The Kier molecular flexibility index (Phi) is 7.28. The van der Waals surface area contributed by atoms with Gasteiger partial charge in [0.2, 0.25) is 0 Å². The average Bonchev–Trinajstić information content (AvgIpc) is 3.70. The third-order valence-electron chi connectivity index (χ3n) is 15.7. The standard InChI is InChI=1S/C57H44N4/c1-56(2)50-29-40(39-17-20-49-47(28-39)48-27-37-12-6-7-13-38(37)30-52(48)57(49)43-23-34-21-35(25-43)26-44(57)24-34)15-18-45(50)46-19-16-42(31-51(46)56)55-60-53(36-10-4-3-5-11-36)59-54(61-55)41-14-8-9-33(22-41)32-58/h3-20,22,27-31,34-35,43-44H,21,23-26H2,1-2H3. The van der Waals surface area contributed by atoms with E-state index < -0.39 is 0 Å². The second kappa shape index (κ2) is 12.7. The first-order valence-electron chi connectivity index (χ1n) is 22.2. The molecule has 1 spiro atoms. The lowest BCUT2D eigenvalue weighted by molar-refractivity contribution is -0.0398. The molecule has 0 atom stereocenters. The Hall–Kier alpha value is -6.70. The van der Waals surface area contributed by atoms with Crippen molar-refractivity contribution in [1.82, 2.24) is 15.0 Å². The molecule has 0 unspecified atom stereocenters. The molecule has 1 aromatic heterocycles. The Morgan fingerprint density at radius 2 is 0.984 bits per heavy atom. The van der Waals surface area contributed by atoms with Crippen LogP contribution in [0, 0.1) is 35.0 Å². The molecule has 0 N–H and O–H groups in total. The molecule has 6 aliphatic carbocycles. The lowest BCUT2D eigenvalue weighted by Crippen LogP contribution is -2.55. The second-order valence-corrected chi connectivity index (χ2v) is 19.2. The minimum Gasteiger partial charge on any atom is -0.208 e. The minimum atomic E-state index is -0.247. The van der Waals surface area contributed by atoms with Gasteiger partial charge in [0, 0.05) is 27.5 Å². The van der Waals surface area contributed by atoms with Crippen LogP contribution in [0.3, 0.4) is 0 Å². The van der Waals surface area contributed by atoms with Crippen molar-refractivity contribution >= 4 is 10.8 Å². The van der Waals surface area contributed by atoms with Crippen LogP contribution in [0.1, 0.15) is 73.8 Å². The third-order valence-corrected chi connectivity index (χ3v) is 15.7. The summed E-state index contributed by atoms with van der Waals surface area (Å²) in [6, 6.07) is 55.3. The monoisotopic (exact) mass is 784 g/mol. The zero-order valence-electron chi connectivity index (χ0n) is 34.5. The Morgan fingerprint density at radius 1 is 0.443 bits per heavy atom. The summed E-state index contributed by atoms with van der Waals surface area (Å²) in [5.74, 6) is 5.09. The molecule has 0 aliphatic heterocycles. The molecule has 4 saturated carbocycles. The van der Waals surface area contributed by atoms with Crippen LogP contribution in [-0.4, -0.2) is 15.0 Å². The average molecular weight is 785 g/mol. The van der Waals surface area contributed by atoms with Crippen molar-refractivity contribution in [2.24, 2.45) is 23.7 Å². The molecular formula is C57H44N4. The van der Waals surface area contributed by atoms with Crippen molar-refractivity contribution < 1.29 is 0 Å². The normalized spacial score (nSPS) is 23.1. The van der Waals surface area contributed by atoms with Crippen molar-refractivity contribution in [2.75, 3.05) is 0 Å².